The Hall–Kier alpha value is -8.08. The molecule has 0 N–H and O–H groups in total. The van der Waals surface area contributed by atoms with Crippen LogP contribution in [-0.2, 0) is 12.4 Å². The van der Waals surface area contributed by atoms with E-state index in [1.165, 1.54) is 11.6 Å². The maximum Gasteiger partial charge on any atom is 0.417 e. The molecule has 0 unspecified atom stereocenters. The zero-order valence-corrected chi connectivity index (χ0v) is 34.1. The van der Waals surface area contributed by atoms with E-state index >= 15 is 0 Å². The number of aryl methyl sites for hydroxylation is 2. The standard InChI is InChI=1S/C54H32F6N4/c1-31-14-19-38(32(2)24-31)34-16-22-50-44(26-34)40-9-3-5-12-47(40)63(50)49-21-15-33(29-61)25-43(49)42-11-7-8-36(30-62)52(42)64-48-13-6-4-10-41(48)45-27-35(17-23-51(45)64)39-20-18-37(53(55,56)57)28-46(39)54(58,59)60/h3-28H,1-2H3. The van der Waals surface area contributed by atoms with Crippen molar-refractivity contribution in [3.05, 3.63) is 191 Å². The summed E-state index contributed by atoms with van der Waals surface area (Å²) in [5, 5.41) is 24.3. The molecule has 10 aromatic rings. The van der Waals surface area contributed by atoms with Crippen LogP contribution in [0.2, 0.25) is 0 Å². The number of halogens is 6. The van der Waals surface area contributed by atoms with E-state index in [0.29, 0.717) is 55.8 Å². The first-order valence-electron chi connectivity index (χ1n) is 20.3. The zero-order valence-electron chi connectivity index (χ0n) is 34.1. The Kier molecular flexibility index (Phi) is 9.25. The van der Waals surface area contributed by atoms with Crippen molar-refractivity contribution in [2.24, 2.45) is 0 Å². The van der Waals surface area contributed by atoms with E-state index in [2.05, 4.69) is 73.0 Å². The van der Waals surface area contributed by atoms with Crippen LogP contribution in [0, 0.1) is 36.5 Å². The summed E-state index contributed by atoms with van der Waals surface area (Å²) < 4.78 is 88.2. The Morgan fingerprint density at radius 2 is 1.06 bits per heavy atom. The first-order valence-corrected chi connectivity index (χ1v) is 20.3. The second-order valence-corrected chi connectivity index (χ2v) is 15.9. The van der Waals surface area contributed by atoms with Crippen LogP contribution < -0.4 is 0 Å². The quantitative estimate of drug-likeness (QED) is 0.162. The topological polar surface area (TPSA) is 57.4 Å². The van der Waals surface area contributed by atoms with Gasteiger partial charge >= 0.3 is 12.4 Å². The van der Waals surface area contributed by atoms with Crippen molar-refractivity contribution >= 4 is 43.6 Å². The number of para-hydroxylation sites is 3. The highest BCUT2D eigenvalue weighted by Crippen LogP contribution is 2.46. The molecule has 2 heterocycles. The smallest absolute Gasteiger partial charge is 0.309 e. The van der Waals surface area contributed by atoms with Crippen molar-refractivity contribution in [3.8, 4) is 56.9 Å². The Morgan fingerprint density at radius 1 is 0.453 bits per heavy atom. The van der Waals surface area contributed by atoms with E-state index in [9.17, 15) is 36.9 Å². The maximum atomic E-state index is 14.4. The van der Waals surface area contributed by atoms with Crippen LogP contribution in [0.15, 0.2) is 158 Å². The molecule has 0 aliphatic heterocycles. The van der Waals surface area contributed by atoms with Crippen LogP contribution in [0.1, 0.15) is 33.4 Å². The number of rotatable bonds is 5. The number of nitrogens with zero attached hydrogens (tertiary/aromatic N) is 4. The molecule has 10 rings (SSSR count). The molecular formula is C54H32F6N4. The molecule has 0 spiro atoms. The van der Waals surface area contributed by atoms with Gasteiger partial charge in [0.1, 0.15) is 6.07 Å². The molecule has 2 aromatic heterocycles. The Bertz CT molecular complexity index is 3650. The second kappa shape index (κ2) is 14.8. The molecule has 0 saturated heterocycles. The third-order valence-corrected chi connectivity index (χ3v) is 12.0. The summed E-state index contributed by atoms with van der Waals surface area (Å²) in [6.45, 7) is 4.17. The molecule has 310 valence electrons. The summed E-state index contributed by atoms with van der Waals surface area (Å²) in [7, 11) is 0. The number of nitriles is 2. The fraction of sp³-hybridized carbons (Fsp3) is 0.0741. The van der Waals surface area contributed by atoms with Gasteiger partial charge in [-0.2, -0.15) is 36.9 Å². The molecule has 0 atom stereocenters. The van der Waals surface area contributed by atoms with Crippen molar-refractivity contribution in [2.45, 2.75) is 26.2 Å². The van der Waals surface area contributed by atoms with E-state index in [1.54, 1.807) is 42.5 Å². The highest BCUT2D eigenvalue weighted by molar-refractivity contribution is 6.13. The van der Waals surface area contributed by atoms with Gasteiger partial charge in [-0.3, -0.25) is 0 Å². The largest absolute Gasteiger partial charge is 0.417 e. The van der Waals surface area contributed by atoms with Crippen LogP contribution >= 0.6 is 0 Å². The van der Waals surface area contributed by atoms with Gasteiger partial charge in [0.05, 0.1) is 61.8 Å². The highest BCUT2D eigenvalue weighted by Gasteiger charge is 2.38. The summed E-state index contributed by atoms with van der Waals surface area (Å²) in [4.78, 5) is 0. The minimum absolute atomic E-state index is 0.0707. The Balaban J connectivity index is 1.23. The molecule has 0 aliphatic rings. The van der Waals surface area contributed by atoms with Gasteiger partial charge < -0.3 is 9.13 Å². The average Bonchev–Trinajstić information content (AvgIpc) is 3.79. The number of alkyl halides is 6. The molecule has 10 heteroatoms. The van der Waals surface area contributed by atoms with E-state index in [4.69, 9.17) is 0 Å². The lowest BCUT2D eigenvalue weighted by atomic mass is 9.95. The fourth-order valence-electron chi connectivity index (χ4n) is 9.23. The maximum absolute atomic E-state index is 14.4. The normalized spacial score (nSPS) is 12.0. The molecule has 0 aliphatic carbocycles. The molecule has 0 fully saturated rings. The molecule has 8 aromatic carbocycles. The van der Waals surface area contributed by atoms with Crippen LogP contribution in [0.5, 0.6) is 0 Å². The summed E-state index contributed by atoms with van der Waals surface area (Å²) in [5.74, 6) is 0. The summed E-state index contributed by atoms with van der Waals surface area (Å²) >= 11 is 0. The third kappa shape index (κ3) is 6.46. The molecule has 0 saturated carbocycles. The first-order chi connectivity index (χ1) is 30.7. The fourth-order valence-corrected chi connectivity index (χ4v) is 9.23. The Labute approximate surface area is 362 Å². The van der Waals surface area contributed by atoms with E-state index in [-0.39, 0.29) is 11.6 Å². The number of hydrogen-bond donors (Lipinski definition) is 0. The SMILES string of the molecule is Cc1ccc(-c2ccc3c(c2)c2ccccc2n3-c2ccc(C#N)cc2-c2cccc(C#N)c2-n2c3ccccc3c3cc(-c4ccc(C(F)(F)F)cc4C(F)(F)F)ccc32)c(C)c1. The molecular weight excluding hydrogens is 819 g/mol. The van der Waals surface area contributed by atoms with Crippen LogP contribution in [0.4, 0.5) is 26.3 Å². The van der Waals surface area contributed by atoms with Gasteiger partial charge in [0.2, 0.25) is 0 Å². The minimum Gasteiger partial charge on any atom is -0.309 e. The van der Waals surface area contributed by atoms with Gasteiger partial charge in [0.25, 0.3) is 0 Å². The predicted molar refractivity (Wildman–Crippen MR) is 240 cm³/mol. The van der Waals surface area contributed by atoms with Crippen molar-refractivity contribution in [1.29, 1.82) is 10.5 Å². The lowest BCUT2D eigenvalue weighted by Crippen LogP contribution is -2.12. The van der Waals surface area contributed by atoms with Crippen molar-refractivity contribution in [1.82, 2.24) is 9.13 Å². The monoisotopic (exact) mass is 850 g/mol. The van der Waals surface area contributed by atoms with Crippen molar-refractivity contribution in [3.63, 3.8) is 0 Å². The molecule has 0 bridgehead atoms. The van der Waals surface area contributed by atoms with Crippen molar-refractivity contribution in [2.75, 3.05) is 0 Å². The first kappa shape index (κ1) is 40.0. The molecule has 0 amide bonds. The average molecular weight is 851 g/mol. The predicted octanol–water partition coefficient (Wildman–Crippen LogP) is 15.3. The van der Waals surface area contributed by atoms with Gasteiger partial charge in [0, 0.05) is 32.7 Å². The summed E-state index contributed by atoms with van der Waals surface area (Å²) in [6, 6.07) is 49.9. The minimum atomic E-state index is -5.07. The van der Waals surface area contributed by atoms with Crippen LogP contribution in [0.3, 0.4) is 0 Å². The number of benzene rings is 8. The Morgan fingerprint density at radius 3 is 1.69 bits per heavy atom. The van der Waals surface area contributed by atoms with Crippen LogP contribution in [-0.4, -0.2) is 9.13 Å². The molecule has 0 radical (unpaired) electrons. The van der Waals surface area contributed by atoms with Gasteiger partial charge in [0.15, 0.2) is 0 Å². The summed E-state index contributed by atoms with van der Waals surface area (Å²) in [5.41, 5.74) is 7.57. The molecule has 64 heavy (non-hydrogen) atoms. The molecule has 4 nitrogen and oxygen atoms in total. The highest BCUT2D eigenvalue weighted by atomic mass is 19.4. The van der Waals surface area contributed by atoms with Gasteiger partial charge in [-0.25, -0.2) is 0 Å². The number of fused-ring (bicyclic) bond motifs is 6. The van der Waals surface area contributed by atoms with Crippen molar-refractivity contribution < 1.29 is 26.3 Å². The summed E-state index contributed by atoms with van der Waals surface area (Å²) in [6.07, 6.45) is -10.0. The lowest BCUT2D eigenvalue weighted by Gasteiger charge is -2.20. The third-order valence-electron chi connectivity index (χ3n) is 12.0. The van der Waals surface area contributed by atoms with Gasteiger partial charge in [-0.1, -0.05) is 90.5 Å². The van der Waals surface area contributed by atoms with E-state index < -0.39 is 29.0 Å². The number of hydrogen-bond acceptors (Lipinski definition) is 2. The lowest BCUT2D eigenvalue weighted by molar-refractivity contribution is -0.142. The van der Waals surface area contributed by atoms with Gasteiger partial charge in [-0.05, 0) is 114 Å². The zero-order chi connectivity index (χ0) is 44.7. The van der Waals surface area contributed by atoms with E-state index in [0.717, 1.165) is 50.2 Å². The van der Waals surface area contributed by atoms with Gasteiger partial charge in [-0.15, -0.1) is 0 Å². The number of aromatic nitrogens is 2. The van der Waals surface area contributed by atoms with Crippen LogP contribution in [0.25, 0.3) is 88.4 Å². The second-order valence-electron chi connectivity index (χ2n) is 15.9. The van der Waals surface area contributed by atoms with E-state index in [1.807, 2.05) is 53.1 Å².